The molecule has 1 N–H and O–H groups in total. The Balaban J connectivity index is 2.10. The van der Waals surface area contributed by atoms with Gasteiger partial charge in [0.2, 0.25) is 0 Å². The molecule has 0 amide bonds. The number of piperidine rings is 1. The fourth-order valence-electron chi connectivity index (χ4n) is 1.79. The van der Waals surface area contributed by atoms with Crippen molar-refractivity contribution in [3.8, 4) is 0 Å². The number of hydrogen-bond acceptors (Lipinski definition) is 3. The molecule has 0 saturated carbocycles. The maximum absolute atomic E-state index is 10.7. The number of nitrogens with one attached hydrogen (secondary N) is 1. The highest BCUT2D eigenvalue weighted by Crippen LogP contribution is 2.07. The molecule has 0 bridgehead atoms. The average molecular weight is 184 g/mol. The van der Waals surface area contributed by atoms with Crippen molar-refractivity contribution >= 4 is 5.78 Å². The van der Waals surface area contributed by atoms with Crippen LogP contribution in [0, 0.1) is 0 Å². The number of ketones is 1. The monoisotopic (exact) mass is 184 g/mol. The van der Waals surface area contributed by atoms with Gasteiger partial charge in [-0.15, -0.1) is 0 Å². The van der Waals surface area contributed by atoms with E-state index < -0.39 is 0 Å². The summed E-state index contributed by atoms with van der Waals surface area (Å²) >= 11 is 0. The first-order chi connectivity index (χ1) is 6.18. The molecule has 3 nitrogen and oxygen atoms in total. The van der Waals surface area contributed by atoms with Gasteiger partial charge < -0.3 is 10.2 Å². The highest BCUT2D eigenvalue weighted by molar-refractivity contribution is 5.75. The predicted octanol–water partition coefficient (Wildman–Crippen LogP) is 0.649. The molecule has 1 unspecified atom stereocenters. The first-order valence-corrected chi connectivity index (χ1v) is 5.10. The van der Waals surface area contributed by atoms with Gasteiger partial charge in [-0.2, -0.15) is 0 Å². The molecular formula is C10H20N2O. The van der Waals surface area contributed by atoms with Gasteiger partial charge in [0, 0.05) is 25.6 Å². The highest BCUT2D eigenvalue weighted by Gasteiger charge is 2.15. The van der Waals surface area contributed by atoms with E-state index in [0.717, 1.165) is 13.1 Å². The molecule has 0 aliphatic carbocycles. The quantitative estimate of drug-likeness (QED) is 0.696. The summed E-state index contributed by atoms with van der Waals surface area (Å²) < 4.78 is 0. The largest absolute Gasteiger partial charge is 0.312 e. The van der Waals surface area contributed by atoms with Crippen LogP contribution in [0.1, 0.15) is 26.2 Å². The molecule has 3 heteroatoms. The number of carbonyl (C=O) groups is 1. The number of likely N-dealkylation sites (tertiary alicyclic amines) is 1. The fraction of sp³-hybridized carbons (Fsp3) is 0.900. The van der Waals surface area contributed by atoms with Gasteiger partial charge in [-0.1, -0.05) is 0 Å². The second-order valence-electron chi connectivity index (χ2n) is 4.01. The summed E-state index contributed by atoms with van der Waals surface area (Å²) in [7, 11) is 2.15. The van der Waals surface area contributed by atoms with Crippen molar-refractivity contribution in [2.24, 2.45) is 0 Å². The van der Waals surface area contributed by atoms with E-state index in [-0.39, 0.29) is 5.78 Å². The SMILES string of the molecule is CC(=O)CCNC1CCCN(C)C1. The molecule has 13 heavy (non-hydrogen) atoms. The summed E-state index contributed by atoms with van der Waals surface area (Å²) in [6.07, 6.45) is 3.19. The van der Waals surface area contributed by atoms with Crippen LogP contribution in [0.3, 0.4) is 0 Å². The zero-order valence-corrected chi connectivity index (χ0v) is 8.68. The number of carbonyl (C=O) groups excluding carboxylic acids is 1. The molecule has 0 aromatic carbocycles. The van der Waals surface area contributed by atoms with Gasteiger partial charge in [0.1, 0.15) is 5.78 Å². The summed E-state index contributed by atoms with van der Waals surface area (Å²) in [4.78, 5) is 13.0. The molecule has 1 atom stereocenters. The number of rotatable bonds is 4. The molecule has 0 spiro atoms. The topological polar surface area (TPSA) is 32.3 Å². The van der Waals surface area contributed by atoms with Gasteiger partial charge >= 0.3 is 0 Å². The zero-order chi connectivity index (χ0) is 9.68. The maximum Gasteiger partial charge on any atom is 0.131 e. The van der Waals surface area contributed by atoms with Crippen molar-refractivity contribution in [2.45, 2.75) is 32.2 Å². The summed E-state index contributed by atoms with van der Waals surface area (Å²) in [5, 5.41) is 3.42. The number of nitrogens with zero attached hydrogens (tertiary/aromatic N) is 1. The van der Waals surface area contributed by atoms with E-state index in [0.29, 0.717) is 12.5 Å². The Morgan fingerprint density at radius 1 is 1.62 bits per heavy atom. The van der Waals surface area contributed by atoms with E-state index >= 15 is 0 Å². The Labute approximate surface area is 80.5 Å². The summed E-state index contributed by atoms with van der Waals surface area (Å²) in [5.74, 6) is 0.275. The van der Waals surface area contributed by atoms with E-state index in [2.05, 4.69) is 17.3 Å². The third-order valence-corrected chi connectivity index (χ3v) is 2.53. The summed E-state index contributed by atoms with van der Waals surface area (Å²) in [6, 6.07) is 0.595. The van der Waals surface area contributed by atoms with Crippen LogP contribution >= 0.6 is 0 Å². The molecular weight excluding hydrogens is 164 g/mol. The van der Waals surface area contributed by atoms with Crippen LogP contribution in [0.5, 0.6) is 0 Å². The van der Waals surface area contributed by atoms with Crippen molar-refractivity contribution in [2.75, 3.05) is 26.7 Å². The summed E-state index contributed by atoms with van der Waals surface area (Å²) in [6.45, 7) is 4.82. The fourth-order valence-corrected chi connectivity index (χ4v) is 1.79. The molecule has 0 radical (unpaired) electrons. The van der Waals surface area contributed by atoms with Crippen LogP contribution in [0.2, 0.25) is 0 Å². The van der Waals surface area contributed by atoms with E-state index in [9.17, 15) is 4.79 Å². The molecule has 1 fully saturated rings. The van der Waals surface area contributed by atoms with Crippen molar-refractivity contribution < 1.29 is 4.79 Å². The number of Topliss-reactive ketones (excluding diaryl/α,β-unsaturated/α-hetero) is 1. The van der Waals surface area contributed by atoms with Crippen LogP contribution < -0.4 is 5.32 Å². The zero-order valence-electron chi connectivity index (χ0n) is 8.68. The second-order valence-corrected chi connectivity index (χ2v) is 4.01. The molecule has 1 saturated heterocycles. The van der Waals surface area contributed by atoms with Gasteiger partial charge in [0.25, 0.3) is 0 Å². The van der Waals surface area contributed by atoms with E-state index in [1.165, 1.54) is 19.4 Å². The van der Waals surface area contributed by atoms with Crippen molar-refractivity contribution in [1.29, 1.82) is 0 Å². The van der Waals surface area contributed by atoms with Crippen molar-refractivity contribution in [3.05, 3.63) is 0 Å². The summed E-state index contributed by atoms with van der Waals surface area (Å²) in [5.41, 5.74) is 0. The smallest absolute Gasteiger partial charge is 0.131 e. The second kappa shape index (κ2) is 5.35. The van der Waals surface area contributed by atoms with Gasteiger partial charge in [0.05, 0.1) is 0 Å². The van der Waals surface area contributed by atoms with Crippen LogP contribution in [-0.2, 0) is 4.79 Å². The molecule has 1 aliphatic rings. The van der Waals surface area contributed by atoms with Crippen molar-refractivity contribution in [1.82, 2.24) is 10.2 Å². The Kier molecular flexibility index (Phi) is 4.39. The number of hydrogen-bond donors (Lipinski definition) is 1. The average Bonchev–Trinajstić information content (AvgIpc) is 2.03. The molecule has 76 valence electrons. The highest BCUT2D eigenvalue weighted by atomic mass is 16.1. The van der Waals surface area contributed by atoms with Gasteiger partial charge in [-0.25, -0.2) is 0 Å². The lowest BCUT2D eigenvalue weighted by atomic mass is 10.1. The lowest BCUT2D eigenvalue weighted by Gasteiger charge is -2.30. The first kappa shape index (κ1) is 10.7. The molecule has 1 rings (SSSR count). The van der Waals surface area contributed by atoms with Gasteiger partial charge in [0.15, 0.2) is 0 Å². The van der Waals surface area contributed by atoms with Crippen LogP contribution in [0.15, 0.2) is 0 Å². The third kappa shape index (κ3) is 4.39. The van der Waals surface area contributed by atoms with Crippen LogP contribution in [0.25, 0.3) is 0 Å². The molecule has 0 aromatic heterocycles. The van der Waals surface area contributed by atoms with E-state index in [1.54, 1.807) is 6.92 Å². The van der Waals surface area contributed by atoms with E-state index in [1.807, 2.05) is 0 Å². The lowest BCUT2D eigenvalue weighted by Crippen LogP contribution is -2.44. The van der Waals surface area contributed by atoms with Crippen LogP contribution in [0.4, 0.5) is 0 Å². The Hall–Kier alpha value is -0.410. The maximum atomic E-state index is 10.7. The Morgan fingerprint density at radius 2 is 2.38 bits per heavy atom. The van der Waals surface area contributed by atoms with E-state index in [4.69, 9.17) is 0 Å². The minimum Gasteiger partial charge on any atom is -0.312 e. The Bertz CT molecular complexity index is 170. The first-order valence-electron chi connectivity index (χ1n) is 5.10. The standard InChI is InChI=1S/C10H20N2O/c1-9(13)5-6-11-10-4-3-7-12(2)8-10/h10-11H,3-8H2,1-2H3. The lowest BCUT2D eigenvalue weighted by molar-refractivity contribution is -0.116. The van der Waals surface area contributed by atoms with Crippen LogP contribution in [-0.4, -0.2) is 43.4 Å². The molecule has 1 aliphatic heterocycles. The molecule has 1 heterocycles. The number of likely N-dealkylation sites (N-methyl/N-ethyl adjacent to an activating group) is 1. The van der Waals surface area contributed by atoms with Crippen molar-refractivity contribution in [3.63, 3.8) is 0 Å². The van der Waals surface area contributed by atoms with Gasteiger partial charge in [-0.05, 0) is 33.4 Å². The third-order valence-electron chi connectivity index (χ3n) is 2.53. The predicted molar refractivity (Wildman–Crippen MR) is 53.8 cm³/mol. The normalized spacial score (nSPS) is 24.6. The Morgan fingerprint density at radius 3 is 3.00 bits per heavy atom. The minimum atomic E-state index is 0.275. The molecule has 0 aromatic rings. The minimum absolute atomic E-state index is 0.275. The van der Waals surface area contributed by atoms with Gasteiger partial charge in [-0.3, -0.25) is 4.79 Å².